The Labute approximate surface area is 107 Å². The van der Waals surface area contributed by atoms with Crippen molar-refractivity contribution in [3.05, 3.63) is 34.9 Å². The first-order chi connectivity index (χ1) is 8.04. The van der Waals surface area contributed by atoms with Gasteiger partial charge in [-0.1, -0.05) is 29.8 Å². The van der Waals surface area contributed by atoms with Gasteiger partial charge in [-0.2, -0.15) is 0 Å². The molecule has 0 saturated carbocycles. The topological polar surface area (TPSA) is 72.3 Å². The number of rotatable bonds is 6. The van der Waals surface area contributed by atoms with Crippen LogP contribution in [0.2, 0.25) is 5.02 Å². The molecule has 0 bridgehead atoms. The maximum atomic E-state index is 10.9. The highest BCUT2D eigenvalue weighted by molar-refractivity contribution is 6.31. The second kappa shape index (κ2) is 6.59. The van der Waals surface area contributed by atoms with Crippen LogP contribution < -0.4 is 11.5 Å². The van der Waals surface area contributed by atoms with Crippen molar-refractivity contribution < 1.29 is 4.79 Å². The number of halogens is 1. The molecule has 4 N–H and O–H groups in total. The minimum Gasteiger partial charge on any atom is -0.370 e. The molecule has 0 spiro atoms. The summed E-state index contributed by atoms with van der Waals surface area (Å²) in [5.74, 6) is -0.341. The van der Waals surface area contributed by atoms with Crippen molar-refractivity contribution >= 4 is 17.5 Å². The van der Waals surface area contributed by atoms with Crippen molar-refractivity contribution in [2.75, 3.05) is 13.6 Å². The highest BCUT2D eigenvalue weighted by Gasteiger charge is 2.16. The van der Waals surface area contributed by atoms with Crippen LogP contribution in [-0.4, -0.2) is 30.4 Å². The molecule has 0 aliphatic rings. The van der Waals surface area contributed by atoms with Crippen LogP contribution in [0.4, 0.5) is 0 Å². The molecule has 0 radical (unpaired) electrons. The third kappa shape index (κ3) is 4.34. The lowest BCUT2D eigenvalue weighted by Gasteiger charge is -2.26. The number of nitrogens with zero attached hydrogens (tertiary/aromatic N) is 1. The number of carbonyl (C=O) groups is 1. The lowest BCUT2D eigenvalue weighted by atomic mass is 10.1. The smallest absolute Gasteiger partial charge is 0.219 e. The predicted molar refractivity (Wildman–Crippen MR) is 69.6 cm³/mol. The van der Waals surface area contributed by atoms with Crippen LogP contribution in [0, 0.1) is 0 Å². The molecule has 1 unspecified atom stereocenters. The SMILES string of the molecule is CN(Cc1ccccc1Cl)C(CN)CC(N)=O. The largest absolute Gasteiger partial charge is 0.370 e. The molecule has 1 amide bonds. The summed E-state index contributed by atoms with van der Waals surface area (Å²) in [6.45, 7) is 1.04. The van der Waals surface area contributed by atoms with E-state index in [4.69, 9.17) is 23.1 Å². The molecule has 0 heterocycles. The van der Waals surface area contributed by atoms with E-state index >= 15 is 0 Å². The summed E-state index contributed by atoms with van der Waals surface area (Å²) in [5, 5.41) is 0.717. The van der Waals surface area contributed by atoms with Gasteiger partial charge in [0.25, 0.3) is 0 Å². The van der Waals surface area contributed by atoms with Crippen LogP contribution in [-0.2, 0) is 11.3 Å². The molecule has 0 aromatic heterocycles. The van der Waals surface area contributed by atoms with Crippen LogP contribution in [0.15, 0.2) is 24.3 Å². The fraction of sp³-hybridized carbons (Fsp3) is 0.417. The molecular weight excluding hydrogens is 238 g/mol. The Morgan fingerprint density at radius 1 is 1.47 bits per heavy atom. The van der Waals surface area contributed by atoms with Gasteiger partial charge >= 0.3 is 0 Å². The predicted octanol–water partition coefficient (Wildman–Crippen LogP) is 0.975. The summed E-state index contributed by atoms with van der Waals surface area (Å²) in [6, 6.07) is 7.56. The van der Waals surface area contributed by atoms with Crippen LogP contribution in [0.5, 0.6) is 0 Å². The zero-order chi connectivity index (χ0) is 12.8. The van der Waals surface area contributed by atoms with Gasteiger partial charge in [0.2, 0.25) is 5.91 Å². The zero-order valence-electron chi connectivity index (χ0n) is 9.90. The number of hydrogen-bond donors (Lipinski definition) is 2. The standard InChI is InChI=1S/C12H18ClN3O/c1-16(10(7-14)6-12(15)17)8-9-4-2-3-5-11(9)13/h2-5,10H,6-8,14H2,1H3,(H2,15,17). The highest BCUT2D eigenvalue weighted by Crippen LogP contribution is 2.17. The van der Waals surface area contributed by atoms with Crippen LogP contribution >= 0.6 is 11.6 Å². The van der Waals surface area contributed by atoms with Gasteiger partial charge in [0, 0.05) is 30.6 Å². The number of hydrogen-bond acceptors (Lipinski definition) is 3. The lowest BCUT2D eigenvalue weighted by Crippen LogP contribution is -2.40. The van der Waals surface area contributed by atoms with Crippen LogP contribution in [0.25, 0.3) is 0 Å². The average Bonchev–Trinajstić information content (AvgIpc) is 2.28. The van der Waals surface area contributed by atoms with Crippen molar-refractivity contribution in [3.8, 4) is 0 Å². The minimum atomic E-state index is -0.341. The fourth-order valence-corrected chi connectivity index (χ4v) is 1.87. The Hall–Kier alpha value is -1.10. The molecule has 0 saturated heterocycles. The van der Waals surface area contributed by atoms with E-state index in [2.05, 4.69) is 0 Å². The quantitative estimate of drug-likeness (QED) is 0.796. The second-order valence-corrected chi connectivity index (χ2v) is 4.47. The number of nitrogens with two attached hydrogens (primary N) is 2. The second-order valence-electron chi connectivity index (χ2n) is 4.07. The highest BCUT2D eigenvalue weighted by atomic mass is 35.5. The third-order valence-electron chi connectivity index (χ3n) is 2.71. The van der Waals surface area contributed by atoms with Gasteiger partial charge in [0.15, 0.2) is 0 Å². The van der Waals surface area contributed by atoms with E-state index < -0.39 is 0 Å². The normalized spacial score (nSPS) is 12.7. The molecule has 0 aliphatic carbocycles. The Morgan fingerprint density at radius 3 is 2.65 bits per heavy atom. The lowest BCUT2D eigenvalue weighted by molar-refractivity contribution is -0.119. The van der Waals surface area contributed by atoms with E-state index in [-0.39, 0.29) is 18.4 Å². The molecule has 4 nitrogen and oxygen atoms in total. The van der Waals surface area contributed by atoms with Gasteiger partial charge in [-0.15, -0.1) is 0 Å². The van der Waals surface area contributed by atoms with Gasteiger partial charge in [-0.25, -0.2) is 0 Å². The van der Waals surface area contributed by atoms with Crippen LogP contribution in [0.1, 0.15) is 12.0 Å². The van der Waals surface area contributed by atoms with E-state index in [1.807, 2.05) is 36.2 Å². The summed E-state index contributed by atoms with van der Waals surface area (Å²) in [4.78, 5) is 12.9. The van der Waals surface area contributed by atoms with Gasteiger partial charge in [-0.05, 0) is 18.7 Å². The Bertz CT molecular complexity index is 384. The molecule has 17 heavy (non-hydrogen) atoms. The van der Waals surface area contributed by atoms with Gasteiger partial charge in [0.1, 0.15) is 0 Å². The van der Waals surface area contributed by atoms with Crippen molar-refractivity contribution in [3.63, 3.8) is 0 Å². The number of likely N-dealkylation sites (N-methyl/N-ethyl adjacent to an activating group) is 1. The molecule has 1 aromatic rings. The zero-order valence-corrected chi connectivity index (χ0v) is 10.7. The Kier molecular flexibility index (Phi) is 5.41. The average molecular weight is 256 g/mol. The van der Waals surface area contributed by atoms with E-state index in [0.717, 1.165) is 5.56 Å². The van der Waals surface area contributed by atoms with E-state index in [0.29, 0.717) is 18.1 Å². The summed E-state index contributed by atoms with van der Waals surface area (Å²) >= 11 is 6.07. The van der Waals surface area contributed by atoms with Crippen molar-refractivity contribution in [1.29, 1.82) is 0 Å². The number of primary amides is 1. The number of amides is 1. The van der Waals surface area contributed by atoms with E-state index in [1.165, 1.54) is 0 Å². The molecule has 0 fully saturated rings. The molecule has 1 rings (SSSR count). The Morgan fingerprint density at radius 2 is 2.12 bits per heavy atom. The van der Waals surface area contributed by atoms with Gasteiger partial charge in [0.05, 0.1) is 0 Å². The van der Waals surface area contributed by atoms with E-state index in [1.54, 1.807) is 0 Å². The molecule has 1 aromatic carbocycles. The summed E-state index contributed by atoms with van der Waals surface area (Å²) < 4.78 is 0. The van der Waals surface area contributed by atoms with Crippen LogP contribution in [0.3, 0.4) is 0 Å². The van der Waals surface area contributed by atoms with Crippen molar-refractivity contribution in [2.24, 2.45) is 11.5 Å². The maximum Gasteiger partial charge on any atom is 0.219 e. The van der Waals surface area contributed by atoms with E-state index in [9.17, 15) is 4.79 Å². The summed E-state index contributed by atoms with van der Waals surface area (Å²) in [6.07, 6.45) is 0.261. The molecular formula is C12H18ClN3O. The van der Waals surface area contributed by atoms with Crippen molar-refractivity contribution in [2.45, 2.75) is 19.0 Å². The molecule has 5 heteroatoms. The van der Waals surface area contributed by atoms with Gasteiger partial charge < -0.3 is 11.5 Å². The van der Waals surface area contributed by atoms with Gasteiger partial charge in [-0.3, -0.25) is 9.69 Å². The summed E-state index contributed by atoms with van der Waals surface area (Å²) in [7, 11) is 1.91. The monoisotopic (exact) mass is 255 g/mol. The minimum absolute atomic E-state index is 0.0521. The molecule has 1 atom stereocenters. The fourth-order valence-electron chi connectivity index (χ4n) is 1.68. The first-order valence-corrected chi connectivity index (χ1v) is 5.84. The third-order valence-corrected chi connectivity index (χ3v) is 3.08. The van der Waals surface area contributed by atoms with Crippen molar-refractivity contribution in [1.82, 2.24) is 4.90 Å². The first kappa shape index (κ1) is 14.0. The molecule has 0 aliphatic heterocycles. The molecule has 94 valence electrons. The Balaban J connectivity index is 2.67. The first-order valence-electron chi connectivity index (χ1n) is 5.46. The summed E-state index contributed by atoms with van der Waals surface area (Å²) in [5.41, 5.74) is 11.8. The number of benzene rings is 1. The maximum absolute atomic E-state index is 10.9. The number of carbonyl (C=O) groups excluding carboxylic acids is 1.